The molecule has 0 radical (unpaired) electrons. The summed E-state index contributed by atoms with van der Waals surface area (Å²) in [5.74, 6) is 0.560. The molecule has 0 bridgehead atoms. The Morgan fingerprint density at radius 1 is 1.07 bits per heavy atom. The number of benzene rings is 1. The Morgan fingerprint density at radius 3 is 2.15 bits per heavy atom. The zero-order valence-corrected chi connectivity index (χ0v) is 18.8. The summed E-state index contributed by atoms with van der Waals surface area (Å²) in [5.41, 5.74) is 0. The van der Waals surface area contributed by atoms with Crippen molar-refractivity contribution in [3.05, 3.63) is 52.8 Å². The normalized spacial score (nSPS) is 17.4. The van der Waals surface area contributed by atoms with Gasteiger partial charge < -0.3 is 4.74 Å². The van der Waals surface area contributed by atoms with Crippen LogP contribution in [0.1, 0.15) is 47.0 Å². The largest absolute Gasteiger partial charge is 0.419 e. The summed E-state index contributed by atoms with van der Waals surface area (Å²) in [5, 5.41) is 2.16. The summed E-state index contributed by atoms with van der Waals surface area (Å²) >= 11 is 6.75. The van der Waals surface area contributed by atoms with Gasteiger partial charge in [0.25, 0.3) is 0 Å². The van der Waals surface area contributed by atoms with Crippen molar-refractivity contribution in [1.82, 2.24) is 4.90 Å². The molecule has 1 atom stereocenters. The van der Waals surface area contributed by atoms with Crippen LogP contribution in [0.5, 0.6) is 5.75 Å². The van der Waals surface area contributed by atoms with Crippen LogP contribution in [0.2, 0.25) is 18.1 Å². The van der Waals surface area contributed by atoms with Crippen molar-refractivity contribution in [2.75, 3.05) is 0 Å². The van der Waals surface area contributed by atoms with Crippen LogP contribution >= 0.6 is 11.6 Å². The summed E-state index contributed by atoms with van der Waals surface area (Å²) in [4.78, 5) is 14.5. The zero-order valence-electron chi connectivity index (χ0n) is 17.0. The minimum atomic E-state index is -1.75. The third-order valence-electron chi connectivity index (χ3n) is 5.39. The van der Waals surface area contributed by atoms with Gasteiger partial charge in [-0.15, -0.1) is 0 Å². The van der Waals surface area contributed by atoms with Gasteiger partial charge in [-0.3, -0.25) is 4.90 Å². The molecule has 148 valence electrons. The van der Waals surface area contributed by atoms with Crippen LogP contribution in [-0.4, -0.2) is 25.1 Å². The summed E-state index contributed by atoms with van der Waals surface area (Å²) in [7, 11) is -1.75. The molecule has 0 spiro atoms. The van der Waals surface area contributed by atoms with E-state index in [1.165, 1.54) is 23.3 Å². The molecule has 0 aromatic heterocycles. The molecule has 2 rings (SSSR count). The fraction of sp³-hybridized carbons (Fsp3) is 0.500. The molecule has 0 N–H and O–H groups in total. The molecule has 1 aliphatic rings. The van der Waals surface area contributed by atoms with E-state index < -0.39 is 8.07 Å². The average Bonchev–Trinajstić information content (AvgIpc) is 2.63. The Hall–Kier alpha value is -1.52. The minimum absolute atomic E-state index is 0.0602. The predicted molar refractivity (Wildman–Crippen MR) is 117 cm³/mol. The lowest BCUT2D eigenvalue weighted by Crippen LogP contribution is -2.49. The molecule has 1 heterocycles. The lowest BCUT2D eigenvalue weighted by atomic mass is 10.2. The number of carbonyl (C=O) groups excluding carboxylic acids is 1. The van der Waals surface area contributed by atoms with Gasteiger partial charge in [-0.2, -0.15) is 0 Å². The number of allylic oxidation sites excluding steroid dienone is 2. The molecule has 5 heteroatoms. The Bertz CT molecular complexity index is 670. The highest BCUT2D eigenvalue weighted by atomic mass is 35.5. The van der Waals surface area contributed by atoms with Crippen LogP contribution in [0.3, 0.4) is 0 Å². The average molecular weight is 406 g/mol. The van der Waals surface area contributed by atoms with Gasteiger partial charge in [-0.1, -0.05) is 88.0 Å². The van der Waals surface area contributed by atoms with Gasteiger partial charge in [0.05, 0.1) is 14.1 Å². The quantitative estimate of drug-likeness (QED) is 0.431. The summed E-state index contributed by atoms with van der Waals surface area (Å²) < 4.78 is 5.59. The molecule has 0 saturated carbocycles. The third kappa shape index (κ3) is 5.05. The molecule has 0 saturated heterocycles. The molecule has 1 amide bonds. The number of carbonyl (C=O) groups is 1. The number of amides is 1. The van der Waals surface area contributed by atoms with Crippen molar-refractivity contribution >= 4 is 25.8 Å². The maximum absolute atomic E-state index is 12.8. The van der Waals surface area contributed by atoms with E-state index in [-0.39, 0.29) is 12.1 Å². The molecule has 1 unspecified atom stereocenters. The van der Waals surface area contributed by atoms with E-state index in [1.54, 1.807) is 23.2 Å². The lowest BCUT2D eigenvalue weighted by Gasteiger charge is -2.42. The lowest BCUT2D eigenvalue weighted by molar-refractivity contribution is 0.162. The summed E-state index contributed by atoms with van der Waals surface area (Å²) in [6.45, 7) is 8.86. The van der Waals surface area contributed by atoms with E-state index >= 15 is 0 Å². The van der Waals surface area contributed by atoms with Gasteiger partial charge in [0.1, 0.15) is 5.75 Å². The first-order valence-corrected chi connectivity index (χ1v) is 13.1. The highest BCUT2D eigenvalue weighted by Crippen LogP contribution is 2.41. The molecular formula is C22H32ClNO2Si. The molecule has 0 aliphatic carbocycles. The monoisotopic (exact) mass is 405 g/mol. The standard InChI is InChI=1S/C22H32ClNO2Si/c1-5-15-27(16-6-2,17-7-3)21-18(4)24(14-13-20(21)23)22(25)26-19-11-9-8-10-12-19/h8-14,18H,5-7,15-17H2,1-4H3. The highest BCUT2D eigenvalue weighted by Gasteiger charge is 2.42. The van der Waals surface area contributed by atoms with E-state index in [9.17, 15) is 4.79 Å². The molecule has 0 fully saturated rings. The number of hydrogen-bond donors (Lipinski definition) is 0. The number of para-hydroxylation sites is 1. The van der Waals surface area contributed by atoms with Crippen molar-refractivity contribution in [3.8, 4) is 5.75 Å². The molecule has 27 heavy (non-hydrogen) atoms. The molecular weight excluding hydrogens is 374 g/mol. The fourth-order valence-corrected chi connectivity index (χ4v) is 11.3. The van der Waals surface area contributed by atoms with Crippen molar-refractivity contribution in [2.24, 2.45) is 0 Å². The van der Waals surface area contributed by atoms with Gasteiger partial charge >= 0.3 is 6.09 Å². The number of hydrogen-bond acceptors (Lipinski definition) is 2. The minimum Gasteiger partial charge on any atom is -0.410 e. The van der Waals surface area contributed by atoms with Crippen LogP contribution in [0.15, 0.2) is 52.8 Å². The second kappa shape index (κ2) is 10.1. The van der Waals surface area contributed by atoms with Crippen molar-refractivity contribution in [2.45, 2.75) is 71.1 Å². The number of rotatable bonds is 8. The second-order valence-corrected chi connectivity index (χ2v) is 12.4. The van der Waals surface area contributed by atoms with E-state index in [0.717, 1.165) is 24.3 Å². The predicted octanol–water partition coefficient (Wildman–Crippen LogP) is 7.11. The van der Waals surface area contributed by atoms with Gasteiger partial charge in [-0.05, 0) is 30.3 Å². The summed E-state index contributed by atoms with van der Waals surface area (Å²) in [6.07, 6.45) is 6.77. The molecule has 1 aromatic carbocycles. The van der Waals surface area contributed by atoms with Crippen LogP contribution in [0.4, 0.5) is 4.79 Å². The first-order valence-electron chi connectivity index (χ1n) is 10.1. The van der Waals surface area contributed by atoms with Crippen LogP contribution in [0.25, 0.3) is 0 Å². The Morgan fingerprint density at radius 2 is 1.63 bits per heavy atom. The maximum atomic E-state index is 12.8. The van der Waals surface area contributed by atoms with E-state index in [2.05, 4.69) is 27.7 Å². The van der Waals surface area contributed by atoms with Crippen molar-refractivity contribution < 1.29 is 9.53 Å². The van der Waals surface area contributed by atoms with E-state index in [0.29, 0.717) is 5.75 Å². The number of halogens is 1. The first-order chi connectivity index (χ1) is 13.0. The zero-order chi connectivity index (χ0) is 19.9. The van der Waals surface area contributed by atoms with Gasteiger partial charge in [0, 0.05) is 11.2 Å². The first kappa shape index (κ1) is 21.8. The molecule has 1 aromatic rings. The highest BCUT2D eigenvalue weighted by molar-refractivity contribution is 6.87. The topological polar surface area (TPSA) is 29.5 Å². The summed E-state index contributed by atoms with van der Waals surface area (Å²) in [6, 6.07) is 12.8. The Labute approximate surface area is 170 Å². The maximum Gasteiger partial charge on any atom is 0.419 e. The smallest absolute Gasteiger partial charge is 0.410 e. The third-order valence-corrected chi connectivity index (χ3v) is 12.1. The number of ether oxygens (including phenoxy) is 1. The second-order valence-electron chi connectivity index (χ2n) is 7.37. The molecule has 3 nitrogen and oxygen atoms in total. The molecule has 1 aliphatic heterocycles. The van der Waals surface area contributed by atoms with Crippen molar-refractivity contribution in [3.63, 3.8) is 0 Å². The Kier molecular flexibility index (Phi) is 8.18. The van der Waals surface area contributed by atoms with Crippen LogP contribution in [0, 0.1) is 0 Å². The van der Waals surface area contributed by atoms with Crippen LogP contribution < -0.4 is 4.74 Å². The van der Waals surface area contributed by atoms with Crippen molar-refractivity contribution in [1.29, 1.82) is 0 Å². The van der Waals surface area contributed by atoms with E-state index in [4.69, 9.17) is 16.3 Å². The van der Waals surface area contributed by atoms with E-state index in [1.807, 2.05) is 24.3 Å². The number of nitrogens with zero attached hydrogens (tertiary/aromatic N) is 1. The SMILES string of the molecule is CCC[Si](CCC)(CCC)C1=C(Cl)C=CN(C(=O)Oc2ccccc2)C1C. The Balaban J connectivity index is 2.32. The van der Waals surface area contributed by atoms with Gasteiger partial charge in [0.15, 0.2) is 0 Å². The van der Waals surface area contributed by atoms with Crippen LogP contribution in [-0.2, 0) is 0 Å². The van der Waals surface area contributed by atoms with Gasteiger partial charge in [0.2, 0.25) is 0 Å². The van der Waals surface area contributed by atoms with Gasteiger partial charge in [-0.25, -0.2) is 4.79 Å². The fourth-order valence-electron chi connectivity index (χ4n) is 4.48.